The van der Waals surface area contributed by atoms with E-state index in [9.17, 15) is 8.78 Å². The monoisotopic (exact) mass is 390 g/mol. The highest BCUT2D eigenvalue weighted by Crippen LogP contribution is 2.45. The molecule has 0 atom stereocenters. The van der Waals surface area contributed by atoms with E-state index < -0.39 is 11.6 Å². The van der Waals surface area contributed by atoms with Gasteiger partial charge in [-0.2, -0.15) is 4.39 Å². The van der Waals surface area contributed by atoms with Crippen LogP contribution in [-0.4, -0.2) is 0 Å². The molecule has 2 saturated carbocycles. The molecule has 0 unspecified atom stereocenters. The van der Waals surface area contributed by atoms with E-state index in [1.165, 1.54) is 44.8 Å². The van der Waals surface area contributed by atoms with Crippen molar-refractivity contribution in [1.82, 2.24) is 0 Å². The van der Waals surface area contributed by atoms with Gasteiger partial charge in [0, 0.05) is 0 Å². The molecule has 2 aliphatic rings. The summed E-state index contributed by atoms with van der Waals surface area (Å²) < 4.78 is 34.2. The fourth-order valence-electron chi connectivity index (χ4n) is 5.43. The van der Waals surface area contributed by atoms with Gasteiger partial charge in [-0.15, -0.1) is 0 Å². The van der Waals surface area contributed by atoms with Crippen molar-refractivity contribution in [2.24, 2.45) is 17.8 Å². The van der Waals surface area contributed by atoms with Gasteiger partial charge in [-0.3, -0.25) is 0 Å². The van der Waals surface area contributed by atoms with E-state index in [0.29, 0.717) is 5.56 Å². The van der Waals surface area contributed by atoms with Gasteiger partial charge in [-0.05, 0) is 86.3 Å². The lowest BCUT2D eigenvalue weighted by Crippen LogP contribution is -2.25. The molecule has 28 heavy (non-hydrogen) atoms. The fraction of sp³-hybridized carbons (Fsp3) is 0.680. The number of hydrogen-bond donors (Lipinski definition) is 0. The number of rotatable bonds is 7. The molecule has 2 fully saturated rings. The standard InChI is InChI=1S/C25H36F2O/c1-3-5-17-28-23-16-15-22(24(26)25(23)27)21-13-11-20(12-14-21)19-9-7-18(6-4-2)8-10-19/h5,15-21H,3-4,6-14H2,1-2H3. The third-order valence-electron chi connectivity index (χ3n) is 7.07. The van der Waals surface area contributed by atoms with Gasteiger partial charge in [0.1, 0.15) is 0 Å². The molecule has 0 heterocycles. The SMILES string of the molecule is CCC=COc1ccc(C2CCC(C3CCC(CCC)CC3)CC2)c(F)c1F. The lowest BCUT2D eigenvalue weighted by atomic mass is 9.68. The first kappa shape index (κ1) is 21.3. The van der Waals surface area contributed by atoms with E-state index in [0.717, 1.165) is 49.9 Å². The Hall–Kier alpha value is -1.38. The van der Waals surface area contributed by atoms with Crippen LogP contribution in [-0.2, 0) is 0 Å². The van der Waals surface area contributed by atoms with Crippen LogP contribution in [0.2, 0.25) is 0 Å². The van der Waals surface area contributed by atoms with Crippen molar-refractivity contribution in [3.8, 4) is 5.75 Å². The first-order valence-corrected chi connectivity index (χ1v) is 11.4. The fourth-order valence-corrected chi connectivity index (χ4v) is 5.43. The van der Waals surface area contributed by atoms with Crippen molar-refractivity contribution in [1.29, 1.82) is 0 Å². The van der Waals surface area contributed by atoms with Gasteiger partial charge in [-0.1, -0.05) is 45.6 Å². The van der Waals surface area contributed by atoms with Crippen molar-refractivity contribution >= 4 is 0 Å². The van der Waals surface area contributed by atoms with Crippen LogP contribution in [0.5, 0.6) is 5.75 Å². The van der Waals surface area contributed by atoms with Crippen LogP contribution in [0, 0.1) is 29.4 Å². The van der Waals surface area contributed by atoms with Gasteiger partial charge in [0.05, 0.1) is 6.26 Å². The Balaban J connectivity index is 1.55. The van der Waals surface area contributed by atoms with Crippen LogP contribution in [0.15, 0.2) is 24.5 Å². The zero-order chi connectivity index (χ0) is 19.9. The van der Waals surface area contributed by atoms with Crippen LogP contribution in [0.1, 0.15) is 96.0 Å². The van der Waals surface area contributed by atoms with Crippen LogP contribution in [0.25, 0.3) is 0 Å². The number of benzene rings is 1. The predicted molar refractivity (Wildman–Crippen MR) is 111 cm³/mol. The van der Waals surface area contributed by atoms with Gasteiger partial charge in [0.25, 0.3) is 0 Å². The van der Waals surface area contributed by atoms with E-state index in [1.54, 1.807) is 18.2 Å². The quantitative estimate of drug-likeness (QED) is 0.427. The average Bonchev–Trinajstić information content (AvgIpc) is 2.72. The van der Waals surface area contributed by atoms with E-state index in [4.69, 9.17) is 4.74 Å². The molecule has 1 nitrogen and oxygen atoms in total. The summed E-state index contributed by atoms with van der Waals surface area (Å²) in [5.74, 6) is 1.14. The average molecular weight is 391 g/mol. The van der Waals surface area contributed by atoms with E-state index >= 15 is 0 Å². The van der Waals surface area contributed by atoms with Gasteiger partial charge >= 0.3 is 0 Å². The Labute approximate surface area is 169 Å². The normalized spacial score (nSPS) is 28.6. The Morgan fingerprint density at radius 3 is 2.14 bits per heavy atom. The third-order valence-corrected chi connectivity index (χ3v) is 7.07. The lowest BCUT2D eigenvalue weighted by Gasteiger charge is -2.38. The Bertz CT molecular complexity index is 638. The van der Waals surface area contributed by atoms with Crippen molar-refractivity contribution in [2.75, 3.05) is 0 Å². The van der Waals surface area contributed by atoms with Gasteiger partial charge < -0.3 is 4.74 Å². The molecule has 0 aromatic heterocycles. The second-order valence-corrected chi connectivity index (χ2v) is 8.86. The van der Waals surface area contributed by atoms with Gasteiger partial charge in [0.2, 0.25) is 5.82 Å². The second-order valence-electron chi connectivity index (χ2n) is 8.86. The summed E-state index contributed by atoms with van der Waals surface area (Å²) >= 11 is 0. The first-order valence-electron chi connectivity index (χ1n) is 11.4. The minimum Gasteiger partial charge on any atom is -0.462 e. The largest absolute Gasteiger partial charge is 0.462 e. The molecule has 0 spiro atoms. The summed E-state index contributed by atoms with van der Waals surface area (Å²) in [6, 6.07) is 3.31. The summed E-state index contributed by atoms with van der Waals surface area (Å²) in [6.45, 7) is 4.25. The predicted octanol–water partition coefficient (Wildman–Crippen LogP) is 8.15. The van der Waals surface area contributed by atoms with E-state index in [-0.39, 0.29) is 11.7 Å². The molecule has 0 radical (unpaired) electrons. The number of allylic oxidation sites excluding steroid dienone is 1. The maximum atomic E-state index is 14.6. The molecule has 1 aromatic rings. The molecule has 1 aromatic carbocycles. The van der Waals surface area contributed by atoms with Crippen LogP contribution in [0.4, 0.5) is 8.78 Å². The summed E-state index contributed by atoms with van der Waals surface area (Å²) in [5, 5.41) is 0. The molecule has 3 rings (SSSR count). The zero-order valence-electron chi connectivity index (χ0n) is 17.6. The van der Waals surface area contributed by atoms with Crippen LogP contribution in [0.3, 0.4) is 0 Å². The number of ether oxygens (including phenoxy) is 1. The molecular weight excluding hydrogens is 354 g/mol. The summed E-state index contributed by atoms with van der Waals surface area (Å²) in [4.78, 5) is 0. The van der Waals surface area contributed by atoms with Crippen molar-refractivity contribution in [3.63, 3.8) is 0 Å². The smallest absolute Gasteiger partial charge is 0.201 e. The van der Waals surface area contributed by atoms with E-state index in [1.807, 2.05) is 6.92 Å². The van der Waals surface area contributed by atoms with Crippen molar-refractivity contribution < 1.29 is 13.5 Å². The van der Waals surface area contributed by atoms with E-state index in [2.05, 4.69) is 6.92 Å². The molecule has 0 N–H and O–H groups in total. The number of halogens is 2. The molecule has 156 valence electrons. The highest BCUT2D eigenvalue weighted by molar-refractivity contribution is 5.33. The highest BCUT2D eigenvalue weighted by Gasteiger charge is 2.32. The summed E-state index contributed by atoms with van der Waals surface area (Å²) in [6.07, 6.45) is 16.5. The van der Waals surface area contributed by atoms with Gasteiger partial charge in [-0.25, -0.2) is 4.39 Å². The summed E-state index contributed by atoms with van der Waals surface area (Å²) in [5.41, 5.74) is 0.537. The van der Waals surface area contributed by atoms with Crippen LogP contribution >= 0.6 is 0 Å². The second kappa shape index (κ2) is 10.4. The zero-order valence-corrected chi connectivity index (χ0v) is 17.6. The summed E-state index contributed by atoms with van der Waals surface area (Å²) in [7, 11) is 0. The van der Waals surface area contributed by atoms with Crippen LogP contribution < -0.4 is 4.74 Å². The topological polar surface area (TPSA) is 9.23 Å². The Morgan fingerprint density at radius 1 is 0.893 bits per heavy atom. The van der Waals surface area contributed by atoms with Gasteiger partial charge in [0.15, 0.2) is 11.6 Å². The molecule has 0 amide bonds. The number of hydrogen-bond acceptors (Lipinski definition) is 1. The molecule has 3 heteroatoms. The Morgan fingerprint density at radius 2 is 1.54 bits per heavy atom. The Kier molecular flexibility index (Phi) is 7.93. The molecule has 0 aliphatic heterocycles. The maximum absolute atomic E-state index is 14.6. The molecule has 2 aliphatic carbocycles. The first-order chi connectivity index (χ1) is 13.6. The maximum Gasteiger partial charge on any atom is 0.201 e. The molecule has 0 saturated heterocycles. The molecular formula is C25H36F2O. The van der Waals surface area contributed by atoms with Crippen molar-refractivity contribution in [2.45, 2.75) is 90.4 Å². The minimum absolute atomic E-state index is 0.0246. The lowest BCUT2D eigenvalue weighted by molar-refractivity contribution is 0.156. The molecule has 0 bridgehead atoms. The highest BCUT2D eigenvalue weighted by atomic mass is 19.2. The third kappa shape index (κ3) is 5.15. The van der Waals surface area contributed by atoms with Crippen molar-refractivity contribution in [3.05, 3.63) is 41.7 Å². The minimum atomic E-state index is -0.852.